The van der Waals surface area contributed by atoms with E-state index in [0.717, 1.165) is 116 Å². The van der Waals surface area contributed by atoms with Gasteiger partial charge in [0.1, 0.15) is 13.2 Å². The number of carbonyl (C=O) groups is 3. The van der Waals surface area contributed by atoms with Gasteiger partial charge in [0.2, 0.25) is 0 Å². The van der Waals surface area contributed by atoms with Crippen molar-refractivity contribution in [3.05, 3.63) is 85.1 Å². The quantitative estimate of drug-likeness (QED) is 0.0261. The van der Waals surface area contributed by atoms with E-state index in [-0.39, 0.29) is 31.1 Å². The Morgan fingerprint density at radius 1 is 0.273 bits per heavy atom. The number of unbranched alkanes of at least 4 members (excludes halogenated alkanes) is 35. The third-order valence-electron chi connectivity index (χ3n) is 14.4. The van der Waals surface area contributed by atoms with Gasteiger partial charge in [-0.1, -0.05) is 298 Å². The second-order valence-corrected chi connectivity index (χ2v) is 22.0. The highest BCUT2D eigenvalue weighted by Gasteiger charge is 2.19. The lowest BCUT2D eigenvalue weighted by Crippen LogP contribution is -2.30. The maximum atomic E-state index is 12.9. The van der Waals surface area contributed by atoms with Crippen LogP contribution in [0.15, 0.2) is 85.1 Å². The van der Waals surface area contributed by atoms with Gasteiger partial charge in [0.15, 0.2) is 6.10 Å². The highest BCUT2D eigenvalue weighted by molar-refractivity contribution is 5.71. The summed E-state index contributed by atoms with van der Waals surface area (Å²) in [6.45, 7) is 6.53. The van der Waals surface area contributed by atoms with Crippen LogP contribution in [0.3, 0.4) is 0 Å². The van der Waals surface area contributed by atoms with Crippen molar-refractivity contribution >= 4 is 17.9 Å². The van der Waals surface area contributed by atoms with Crippen LogP contribution in [-0.2, 0) is 28.6 Å². The van der Waals surface area contributed by atoms with Gasteiger partial charge in [-0.3, -0.25) is 14.4 Å². The minimum atomic E-state index is -0.791. The number of carbonyl (C=O) groups excluding carboxylic acids is 3. The number of ether oxygens (including phenoxy) is 3. The topological polar surface area (TPSA) is 78.9 Å². The molecule has 0 rings (SSSR count). The molecule has 6 nitrogen and oxygen atoms in total. The Balaban J connectivity index is 4.38. The van der Waals surface area contributed by atoms with E-state index in [2.05, 4.69) is 106 Å². The average molecular weight is 1070 g/mol. The summed E-state index contributed by atoms with van der Waals surface area (Å²) >= 11 is 0. The van der Waals surface area contributed by atoms with Crippen LogP contribution in [0, 0.1) is 0 Å². The second-order valence-electron chi connectivity index (χ2n) is 22.0. The Morgan fingerprint density at radius 3 is 0.805 bits per heavy atom. The molecular formula is C71H124O6. The maximum absolute atomic E-state index is 12.9. The molecule has 1 unspecified atom stereocenters. The lowest BCUT2D eigenvalue weighted by molar-refractivity contribution is -0.167. The van der Waals surface area contributed by atoms with Crippen molar-refractivity contribution in [1.82, 2.24) is 0 Å². The highest BCUT2D eigenvalue weighted by atomic mass is 16.6. The van der Waals surface area contributed by atoms with E-state index in [4.69, 9.17) is 14.2 Å². The van der Waals surface area contributed by atoms with Crippen LogP contribution in [0.2, 0.25) is 0 Å². The Kier molecular flexibility index (Phi) is 62.2. The molecule has 0 heterocycles. The predicted octanol–water partition coefficient (Wildman–Crippen LogP) is 22.7. The highest BCUT2D eigenvalue weighted by Crippen LogP contribution is 2.17. The Hall–Kier alpha value is -3.41. The zero-order valence-corrected chi connectivity index (χ0v) is 51.0. The molecule has 0 spiro atoms. The minimum absolute atomic E-state index is 0.0866. The molecule has 1 atom stereocenters. The van der Waals surface area contributed by atoms with E-state index in [1.165, 1.54) is 173 Å². The predicted molar refractivity (Wildman–Crippen MR) is 334 cm³/mol. The molecule has 0 aromatic carbocycles. The molecule has 6 heteroatoms. The molecule has 0 saturated heterocycles. The van der Waals surface area contributed by atoms with Crippen molar-refractivity contribution in [2.45, 2.75) is 335 Å². The van der Waals surface area contributed by atoms with Crippen molar-refractivity contribution in [1.29, 1.82) is 0 Å². The molecule has 0 aliphatic rings. The van der Waals surface area contributed by atoms with Crippen LogP contribution in [0.4, 0.5) is 0 Å². The number of rotatable bonds is 60. The first-order valence-corrected chi connectivity index (χ1v) is 33.1. The van der Waals surface area contributed by atoms with E-state index < -0.39 is 6.10 Å². The number of hydrogen-bond donors (Lipinski definition) is 0. The van der Waals surface area contributed by atoms with Crippen molar-refractivity contribution in [3.8, 4) is 0 Å². The molecule has 0 fully saturated rings. The fourth-order valence-electron chi connectivity index (χ4n) is 9.44. The molecule has 0 aliphatic heterocycles. The van der Waals surface area contributed by atoms with Crippen LogP contribution < -0.4 is 0 Å². The zero-order chi connectivity index (χ0) is 55.7. The number of esters is 3. The zero-order valence-electron chi connectivity index (χ0n) is 51.0. The van der Waals surface area contributed by atoms with E-state index in [1.54, 1.807) is 0 Å². The van der Waals surface area contributed by atoms with Gasteiger partial charge >= 0.3 is 17.9 Å². The van der Waals surface area contributed by atoms with Gasteiger partial charge < -0.3 is 14.2 Å². The van der Waals surface area contributed by atoms with Crippen LogP contribution in [-0.4, -0.2) is 37.2 Å². The van der Waals surface area contributed by atoms with Crippen LogP contribution >= 0.6 is 0 Å². The van der Waals surface area contributed by atoms with Crippen LogP contribution in [0.5, 0.6) is 0 Å². The largest absolute Gasteiger partial charge is 0.462 e. The maximum Gasteiger partial charge on any atom is 0.306 e. The molecule has 0 aliphatic carbocycles. The first kappa shape index (κ1) is 73.6. The van der Waals surface area contributed by atoms with Crippen molar-refractivity contribution in [2.24, 2.45) is 0 Å². The summed E-state index contributed by atoms with van der Waals surface area (Å²) in [5, 5.41) is 0. The molecule has 0 aromatic rings. The van der Waals surface area contributed by atoms with Gasteiger partial charge in [-0.2, -0.15) is 0 Å². The monoisotopic (exact) mass is 1070 g/mol. The molecule has 0 amide bonds. The third-order valence-corrected chi connectivity index (χ3v) is 14.4. The summed E-state index contributed by atoms with van der Waals surface area (Å²) in [6, 6.07) is 0. The molecule has 0 radical (unpaired) electrons. The fraction of sp³-hybridized carbons (Fsp3) is 0.761. The summed E-state index contributed by atoms with van der Waals surface area (Å²) in [5.74, 6) is -0.904. The molecule has 77 heavy (non-hydrogen) atoms. The fourth-order valence-corrected chi connectivity index (χ4v) is 9.44. The van der Waals surface area contributed by atoms with Gasteiger partial charge in [0, 0.05) is 19.3 Å². The van der Waals surface area contributed by atoms with Crippen molar-refractivity contribution in [2.75, 3.05) is 13.2 Å². The summed E-state index contributed by atoms with van der Waals surface area (Å²) < 4.78 is 16.9. The van der Waals surface area contributed by atoms with Gasteiger partial charge in [0.25, 0.3) is 0 Å². The molecule has 0 N–H and O–H groups in total. The molecule has 0 aromatic heterocycles. The van der Waals surface area contributed by atoms with E-state index >= 15 is 0 Å². The Morgan fingerprint density at radius 2 is 0.506 bits per heavy atom. The Bertz CT molecular complexity index is 1470. The average Bonchev–Trinajstić information content (AvgIpc) is 3.43. The summed E-state index contributed by atoms with van der Waals surface area (Å²) in [7, 11) is 0. The molecule has 0 saturated carbocycles. The van der Waals surface area contributed by atoms with Gasteiger partial charge in [-0.25, -0.2) is 0 Å². The SMILES string of the molecule is CC/C=C\C/C=C\C/C=C\C/C=C\C/C=C\C/C=C\CCCCCCC(=O)OCC(COC(=O)CCCCCCC/C=C\CCCCCCC)OC(=O)CCCCCCCCCCCCCCCCCCCCCCCC. The lowest BCUT2D eigenvalue weighted by atomic mass is 10.0. The number of hydrogen-bond acceptors (Lipinski definition) is 6. The molecule has 0 bridgehead atoms. The summed E-state index contributed by atoms with van der Waals surface area (Å²) in [6.07, 6.45) is 85.9. The van der Waals surface area contributed by atoms with Crippen molar-refractivity contribution in [3.63, 3.8) is 0 Å². The smallest absolute Gasteiger partial charge is 0.306 e. The lowest BCUT2D eigenvalue weighted by Gasteiger charge is -2.18. The standard InChI is InChI=1S/C71H124O6/c1-4-7-10-13-16-19-22-25-28-30-32-34-36-38-39-41-43-46-49-52-55-58-61-64-70(73)76-67-68(66-75-69(72)63-60-57-54-51-48-45-27-24-21-18-15-12-9-6-3)77-71(74)65-62-59-56-53-50-47-44-42-40-37-35-33-31-29-26-23-20-17-14-11-8-5-2/h7,10,16,19,24-25,27-28,32,34,38-39,43,46,68H,4-6,8-9,11-15,17-18,20-23,26,29-31,33,35-37,40-42,44-45,47-67H2,1-3H3/b10-7-,19-16-,27-24-,28-25-,34-32-,39-38-,46-43-. The normalized spacial score (nSPS) is 12.6. The van der Waals surface area contributed by atoms with Crippen LogP contribution in [0.25, 0.3) is 0 Å². The first-order valence-electron chi connectivity index (χ1n) is 33.1. The number of allylic oxidation sites excluding steroid dienone is 14. The molecule has 444 valence electrons. The summed E-state index contributed by atoms with van der Waals surface area (Å²) in [4.78, 5) is 38.4. The third kappa shape index (κ3) is 63.3. The van der Waals surface area contributed by atoms with Crippen molar-refractivity contribution < 1.29 is 28.6 Å². The van der Waals surface area contributed by atoms with E-state index in [0.29, 0.717) is 19.3 Å². The van der Waals surface area contributed by atoms with Gasteiger partial charge in [-0.05, 0) is 96.3 Å². The Labute approximate surface area is 477 Å². The summed E-state index contributed by atoms with van der Waals surface area (Å²) in [5.41, 5.74) is 0. The van der Waals surface area contributed by atoms with Crippen LogP contribution in [0.1, 0.15) is 329 Å². The van der Waals surface area contributed by atoms with Gasteiger partial charge in [0.05, 0.1) is 0 Å². The van der Waals surface area contributed by atoms with E-state index in [9.17, 15) is 14.4 Å². The van der Waals surface area contributed by atoms with Gasteiger partial charge in [-0.15, -0.1) is 0 Å². The second kappa shape index (κ2) is 65.1. The molecular weight excluding hydrogens is 949 g/mol. The van der Waals surface area contributed by atoms with E-state index in [1.807, 2.05) is 0 Å². The first-order chi connectivity index (χ1) is 38.0. The minimum Gasteiger partial charge on any atom is -0.462 e.